The summed E-state index contributed by atoms with van der Waals surface area (Å²) in [5.74, 6) is -1.01. The van der Waals surface area contributed by atoms with Crippen molar-refractivity contribution in [2.24, 2.45) is 23.7 Å². The molecule has 2 bridgehead atoms. The average molecular weight is 369 g/mol. The second-order valence-electron chi connectivity index (χ2n) is 7.38. The number of carbonyl (C=O) groups excluding carboxylic acids is 3. The van der Waals surface area contributed by atoms with Crippen LogP contribution in [0.4, 0.5) is 11.4 Å². The first-order valence-electron chi connectivity index (χ1n) is 8.95. The molecule has 0 aromatic heterocycles. The number of amides is 3. The van der Waals surface area contributed by atoms with E-state index >= 15 is 0 Å². The highest BCUT2D eigenvalue weighted by atomic mass is 16.6. The maximum absolute atomic E-state index is 12.6. The Hall–Kier alpha value is -3.03. The predicted molar refractivity (Wildman–Crippen MR) is 95.5 cm³/mol. The molecular weight excluding hydrogens is 350 g/mol. The van der Waals surface area contributed by atoms with Gasteiger partial charge in [0.2, 0.25) is 17.7 Å². The van der Waals surface area contributed by atoms with E-state index in [1.165, 1.54) is 11.0 Å². The number of nitro benzene ring substituents is 1. The van der Waals surface area contributed by atoms with Crippen LogP contribution in [0, 0.1) is 40.7 Å². The number of nitrogens with zero attached hydrogens (tertiary/aromatic N) is 2. The summed E-state index contributed by atoms with van der Waals surface area (Å²) in [7, 11) is 0. The number of nitrogens with one attached hydrogen (secondary N) is 1. The summed E-state index contributed by atoms with van der Waals surface area (Å²) in [5, 5.41) is 13.6. The number of benzene rings is 1. The van der Waals surface area contributed by atoms with Crippen molar-refractivity contribution >= 4 is 29.1 Å². The normalized spacial score (nSPS) is 28.0. The van der Waals surface area contributed by atoms with Gasteiger partial charge in [-0.2, -0.15) is 0 Å². The Morgan fingerprint density at radius 1 is 1.22 bits per heavy atom. The molecule has 27 heavy (non-hydrogen) atoms. The standard InChI is InChI=1S/C19H19N3O5/c1-10-2-5-13(9-14(10)22(26)27)20-15(23)6-7-21-18(24)16-11-3-4-12(8-11)17(16)19(21)25/h2-5,9,11-12,16-17H,6-8H2,1H3,(H,20,23)/t11-,12-,16-,17+/m0/s1. The molecule has 0 spiro atoms. The molecule has 1 aromatic carbocycles. The summed E-state index contributed by atoms with van der Waals surface area (Å²) in [6, 6.07) is 4.44. The van der Waals surface area contributed by atoms with Crippen LogP contribution in [0.3, 0.4) is 0 Å². The molecule has 1 saturated heterocycles. The number of imide groups is 1. The molecule has 2 aliphatic carbocycles. The molecule has 1 aromatic rings. The van der Waals surface area contributed by atoms with Gasteiger partial charge in [-0.05, 0) is 31.2 Å². The molecule has 1 heterocycles. The van der Waals surface area contributed by atoms with Crippen LogP contribution in [0.1, 0.15) is 18.4 Å². The fraction of sp³-hybridized carbons (Fsp3) is 0.421. The van der Waals surface area contributed by atoms with Gasteiger partial charge >= 0.3 is 0 Å². The molecule has 0 radical (unpaired) electrons. The quantitative estimate of drug-likeness (QED) is 0.370. The third kappa shape index (κ3) is 2.81. The fourth-order valence-corrected chi connectivity index (χ4v) is 4.51. The van der Waals surface area contributed by atoms with Gasteiger partial charge in [-0.15, -0.1) is 0 Å². The number of nitro groups is 1. The maximum atomic E-state index is 12.6. The Morgan fingerprint density at radius 3 is 2.44 bits per heavy atom. The zero-order chi connectivity index (χ0) is 19.3. The summed E-state index contributed by atoms with van der Waals surface area (Å²) < 4.78 is 0. The first-order valence-corrected chi connectivity index (χ1v) is 8.95. The molecule has 1 N–H and O–H groups in total. The van der Waals surface area contributed by atoms with Crippen LogP contribution in [-0.2, 0) is 14.4 Å². The zero-order valence-corrected chi connectivity index (χ0v) is 14.8. The van der Waals surface area contributed by atoms with E-state index in [9.17, 15) is 24.5 Å². The van der Waals surface area contributed by atoms with E-state index in [4.69, 9.17) is 0 Å². The lowest BCUT2D eigenvalue weighted by Gasteiger charge is -2.17. The van der Waals surface area contributed by atoms with E-state index in [0.717, 1.165) is 6.42 Å². The minimum atomic E-state index is -0.506. The molecule has 0 unspecified atom stereocenters. The Balaban J connectivity index is 1.38. The highest BCUT2D eigenvalue weighted by Crippen LogP contribution is 2.52. The summed E-state index contributed by atoms with van der Waals surface area (Å²) >= 11 is 0. The lowest BCUT2D eigenvalue weighted by Crippen LogP contribution is -2.35. The third-order valence-corrected chi connectivity index (χ3v) is 5.81. The second kappa shape index (κ2) is 6.29. The van der Waals surface area contributed by atoms with Crippen molar-refractivity contribution in [3.05, 3.63) is 46.0 Å². The first kappa shape index (κ1) is 17.4. The Labute approximate surface area is 155 Å². The Morgan fingerprint density at radius 2 is 1.85 bits per heavy atom. The zero-order valence-electron chi connectivity index (χ0n) is 14.8. The maximum Gasteiger partial charge on any atom is 0.274 e. The molecule has 1 saturated carbocycles. The largest absolute Gasteiger partial charge is 0.326 e. The van der Waals surface area contributed by atoms with Gasteiger partial charge in [0.1, 0.15) is 0 Å². The molecule has 4 atom stereocenters. The van der Waals surface area contributed by atoms with Crippen LogP contribution >= 0.6 is 0 Å². The van der Waals surface area contributed by atoms with Crippen LogP contribution in [0.15, 0.2) is 30.4 Å². The van der Waals surface area contributed by atoms with E-state index in [1.54, 1.807) is 19.1 Å². The average Bonchev–Trinajstić information content (AvgIpc) is 3.29. The molecule has 1 aliphatic heterocycles. The summed E-state index contributed by atoms with van der Waals surface area (Å²) in [6.07, 6.45) is 4.88. The summed E-state index contributed by atoms with van der Waals surface area (Å²) in [6.45, 7) is 1.65. The van der Waals surface area contributed by atoms with Crippen molar-refractivity contribution in [3.63, 3.8) is 0 Å². The van der Waals surface area contributed by atoms with Crippen LogP contribution in [0.25, 0.3) is 0 Å². The van der Waals surface area contributed by atoms with E-state index < -0.39 is 10.8 Å². The smallest absolute Gasteiger partial charge is 0.274 e. The highest BCUT2D eigenvalue weighted by Gasteiger charge is 2.58. The van der Waals surface area contributed by atoms with E-state index in [0.29, 0.717) is 11.3 Å². The van der Waals surface area contributed by atoms with Crippen LogP contribution in [-0.4, -0.2) is 34.1 Å². The van der Waals surface area contributed by atoms with Gasteiger partial charge in [0.25, 0.3) is 5.69 Å². The number of allylic oxidation sites excluding steroid dienone is 2. The van der Waals surface area contributed by atoms with Gasteiger partial charge in [0.05, 0.1) is 16.8 Å². The SMILES string of the molecule is Cc1ccc(NC(=O)CCN2C(=O)[C@@H]3[C@H](C2=O)[C@H]2C=C[C@H]3C2)cc1[N+](=O)[O-]. The number of aryl methyl sites for hydroxylation is 1. The Kier molecular flexibility index (Phi) is 4.05. The van der Waals surface area contributed by atoms with Crippen molar-refractivity contribution in [1.29, 1.82) is 0 Å². The molecule has 4 rings (SSSR count). The number of likely N-dealkylation sites (tertiary alicyclic amines) is 1. The molecule has 3 aliphatic rings. The molecule has 140 valence electrons. The van der Waals surface area contributed by atoms with E-state index in [1.807, 2.05) is 12.2 Å². The minimum Gasteiger partial charge on any atom is -0.326 e. The number of carbonyl (C=O) groups is 3. The summed E-state index contributed by atoms with van der Waals surface area (Å²) in [4.78, 5) is 49.0. The number of anilines is 1. The van der Waals surface area contributed by atoms with Gasteiger partial charge in [0.15, 0.2) is 0 Å². The lowest BCUT2D eigenvalue weighted by atomic mass is 9.85. The number of fused-ring (bicyclic) bond motifs is 5. The van der Waals surface area contributed by atoms with Crippen LogP contribution in [0.5, 0.6) is 0 Å². The fourth-order valence-electron chi connectivity index (χ4n) is 4.51. The molecule has 3 amide bonds. The number of rotatable bonds is 5. The highest BCUT2D eigenvalue weighted by molar-refractivity contribution is 6.06. The van der Waals surface area contributed by atoms with Crippen molar-refractivity contribution in [3.8, 4) is 0 Å². The van der Waals surface area contributed by atoms with Crippen molar-refractivity contribution < 1.29 is 19.3 Å². The Bertz CT molecular complexity index is 863. The van der Waals surface area contributed by atoms with Gasteiger partial charge in [-0.25, -0.2) is 0 Å². The van der Waals surface area contributed by atoms with E-state index in [-0.39, 0.29) is 54.1 Å². The van der Waals surface area contributed by atoms with Gasteiger partial charge in [0, 0.05) is 30.3 Å². The monoisotopic (exact) mass is 369 g/mol. The van der Waals surface area contributed by atoms with Gasteiger partial charge in [-0.3, -0.25) is 29.4 Å². The number of hydrogen-bond acceptors (Lipinski definition) is 5. The van der Waals surface area contributed by atoms with Gasteiger partial charge < -0.3 is 5.32 Å². The molecule has 8 nitrogen and oxygen atoms in total. The first-order chi connectivity index (χ1) is 12.9. The minimum absolute atomic E-state index is 0.0316. The summed E-state index contributed by atoms with van der Waals surface area (Å²) in [5.41, 5.74) is 0.741. The third-order valence-electron chi connectivity index (χ3n) is 5.81. The van der Waals surface area contributed by atoms with Crippen molar-refractivity contribution in [2.45, 2.75) is 19.8 Å². The number of hydrogen-bond donors (Lipinski definition) is 1. The lowest BCUT2D eigenvalue weighted by molar-refractivity contribution is -0.385. The molecule has 8 heteroatoms. The van der Waals surface area contributed by atoms with Crippen LogP contribution < -0.4 is 5.32 Å². The van der Waals surface area contributed by atoms with Crippen molar-refractivity contribution in [2.75, 3.05) is 11.9 Å². The topological polar surface area (TPSA) is 110 Å². The van der Waals surface area contributed by atoms with Crippen molar-refractivity contribution in [1.82, 2.24) is 4.90 Å². The predicted octanol–water partition coefficient (Wildman–Crippen LogP) is 2.04. The molecule has 2 fully saturated rings. The van der Waals surface area contributed by atoms with Crippen LogP contribution in [0.2, 0.25) is 0 Å². The molecular formula is C19H19N3O5. The van der Waals surface area contributed by atoms with Gasteiger partial charge in [-0.1, -0.05) is 18.2 Å². The second-order valence-corrected chi connectivity index (χ2v) is 7.38. The van der Waals surface area contributed by atoms with E-state index in [2.05, 4.69) is 5.32 Å².